The minimum atomic E-state index is -1.15. The van der Waals surface area contributed by atoms with Gasteiger partial charge in [-0.05, 0) is 34.6 Å². The van der Waals surface area contributed by atoms with Crippen LogP contribution in [0.1, 0.15) is 56.6 Å². The van der Waals surface area contributed by atoms with Crippen molar-refractivity contribution in [2.24, 2.45) is 5.92 Å². The van der Waals surface area contributed by atoms with E-state index >= 15 is 0 Å². The first kappa shape index (κ1) is 28.4. The Morgan fingerprint density at radius 1 is 0.921 bits per heavy atom. The highest BCUT2D eigenvalue weighted by Crippen LogP contribution is 2.44. The van der Waals surface area contributed by atoms with Crippen molar-refractivity contribution in [2.45, 2.75) is 57.6 Å². The fourth-order valence-electron chi connectivity index (χ4n) is 4.44. The molecule has 0 fully saturated rings. The van der Waals surface area contributed by atoms with Crippen LogP contribution in [0.25, 0.3) is 11.1 Å². The maximum Gasteiger partial charge on any atom is 0.407 e. The van der Waals surface area contributed by atoms with E-state index in [0.29, 0.717) is 0 Å². The smallest absolute Gasteiger partial charge is 0.407 e. The van der Waals surface area contributed by atoms with E-state index < -0.39 is 42.6 Å². The number of aliphatic carboxylic acids is 2. The van der Waals surface area contributed by atoms with Crippen LogP contribution in [0.4, 0.5) is 4.79 Å². The van der Waals surface area contributed by atoms with Crippen molar-refractivity contribution in [3.63, 3.8) is 0 Å². The number of fused-ring (bicyclic) bond motifs is 3. The predicted octanol–water partition coefficient (Wildman–Crippen LogP) is 4.75. The van der Waals surface area contributed by atoms with Crippen LogP contribution < -0.4 is 5.32 Å². The number of rotatable bonds is 13. The Kier molecular flexibility index (Phi) is 10.0. The highest BCUT2D eigenvalue weighted by molar-refractivity contribution is 5.82. The van der Waals surface area contributed by atoms with Crippen LogP contribution in [0.15, 0.2) is 60.7 Å². The molecule has 1 aliphatic carbocycles. The molecule has 1 amide bonds. The van der Waals surface area contributed by atoms with Crippen molar-refractivity contribution in [3.8, 4) is 11.1 Å². The molecule has 0 saturated heterocycles. The van der Waals surface area contributed by atoms with Gasteiger partial charge in [0, 0.05) is 18.8 Å². The monoisotopic (exact) mass is 523 g/mol. The average Bonchev–Trinajstić information content (AvgIpc) is 3.18. The van der Waals surface area contributed by atoms with Crippen LogP contribution >= 0.6 is 0 Å². The van der Waals surface area contributed by atoms with E-state index in [9.17, 15) is 24.3 Å². The minimum absolute atomic E-state index is 0.0562. The van der Waals surface area contributed by atoms with Crippen molar-refractivity contribution < 1.29 is 38.9 Å². The molecule has 9 nitrogen and oxygen atoms in total. The Morgan fingerprint density at radius 2 is 1.53 bits per heavy atom. The Hall–Kier alpha value is -4.14. The van der Waals surface area contributed by atoms with Crippen molar-refractivity contribution in [1.82, 2.24) is 5.32 Å². The number of hydrogen-bond acceptors (Lipinski definition) is 6. The van der Waals surface area contributed by atoms with Gasteiger partial charge >= 0.3 is 24.0 Å². The van der Waals surface area contributed by atoms with Crippen LogP contribution in [-0.4, -0.2) is 53.0 Å². The van der Waals surface area contributed by atoms with Gasteiger partial charge in [-0.2, -0.15) is 0 Å². The lowest BCUT2D eigenvalue weighted by Gasteiger charge is -2.24. The molecule has 38 heavy (non-hydrogen) atoms. The molecule has 0 aromatic heterocycles. The van der Waals surface area contributed by atoms with E-state index in [1.165, 1.54) is 0 Å². The van der Waals surface area contributed by atoms with Gasteiger partial charge in [0.2, 0.25) is 0 Å². The lowest BCUT2D eigenvalue weighted by molar-refractivity contribution is -0.155. The van der Waals surface area contributed by atoms with Crippen molar-refractivity contribution in [3.05, 3.63) is 71.8 Å². The molecule has 0 spiro atoms. The fourth-order valence-corrected chi connectivity index (χ4v) is 4.44. The van der Waals surface area contributed by atoms with Crippen LogP contribution in [0.2, 0.25) is 0 Å². The van der Waals surface area contributed by atoms with Gasteiger partial charge in [0.05, 0.1) is 6.42 Å². The van der Waals surface area contributed by atoms with Crippen molar-refractivity contribution in [1.29, 1.82) is 0 Å². The number of alkyl carbamates (subject to hydrolysis) is 1. The first-order valence-electron chi connectivity index (χ1n) is 12.6. The summed E-state index contributed by atoms with van der Waals surface area (Å²) >= 11 is 0. The molecule has 3 N–H and O–H groups in total. The normalized spacial score (nSPS) is 14.0. The molecular formula is C29H33NO8. The lowest BCUT2D eigenvalue weighted by atomic mass is 9.98. The predicted molar refractivity (Wildman–Crippen MR) is 140 cm³/mol. The molecule has 202 valence electrons. The van der Waals surface area contributed by atoms with Crippen molar-refractivity contribution in [2.75, 3.05) is 6.61 Å². The average molecular weight is 524 g/mol. The third-order valence-corrected chi connectivity index (χ3v) is 6.31. The van der Waals surface area contributed by atoms with Gasteiger partial charge in [0.1, 0.15) is 18.8 Å². The summed E-state index contributed by atoms with van der Waals surface area (Å²) in [6.45, 7) is 3.55. The van der Waals surface area contributed by atoms with E-state index in [1.807, 2.05) is 48.5 Å². The molecule has 9 heteroatoms. The summed E-state index contributed by atoms with van der Waals surface area (Å²) < 4.78 is 11.0. The summed E-state index contributed by atoms with van der Waals surface area (Å²) in [7, 11) is 0. The summed E-state index contributed by atoms with van der Waals surface area (Å²) in [5, 5.41) is 20.5. The Morgan fingerprint density at radius 3 is 2.08 bits per heavy atom. The second-order valence-electron chi connectivity index (χ2n) is 9.49. The highest BCUT2D eigenvalue weighted by atomic mass is 16.6. The Bertz CT molecular complexity index is 1140. The summed E-state index contributed by atoms with van der Waals surface area (Å²) in [5.41, 5.74) is 4.33. The largest absolute Gasteiger partial charge is 0.481 e. The van der Waals surface area contributed by atoms with Gasteiger partial charge in [-0.3, -0.25) is 9.59 Å². The topological polar surface area (TPSA) is 139 Å². The zero-order chi connectivity index (χ0) is 27.7. The highest BCUT2D eigenvalue weighted by Gasteiger charge is 2.32. The van der Waals surface area contributed by atoms with Gasteiger partial charge < -0.3 is 25.0 Å². The van der Waals surface area contributed by atoms with E-state index in [2.05, 4.69) is 5.32 Å². The molecule has 2 atom stereocenters. The third-order valence-electron chi connectivity index (χ3n) is 6.31. The van der Waals surface area contributed by atoms with Crippen LogP contribution in [0.3, 0.4) is 0 Å². The number of amides is 1. The molecule has 2 unspecified atom stereocenters. The first-order valence-corrected chi connectivity index (χ1v) is 12.6. The van der Waals surface area contributed by atoms with Crippen molar-refractivity contribution >= 4 is 24.0 Å². The van der Waals surface area contributed by atoms with Gasteiger partial charge in [0.25, 0.3) is 0 Å². The lowest BCUT2D eigenvalue weighted by Crippen LogP contribution is -2.46. The van der Waals surface area contributed by atoms with E-state index in [1.54, 1.807) is 26.0 Å². The second kappa shape index (κ2) is 13.4. The summed E-state index contributed by atoms with van der Waals surface area (Å²) in [6, 6.07) is 14.9. The fraction of sp³-hybridized carbons (Fsp3) is 0.379. The SMILES string of the molecule is CC(C)C(NC(=O)OCC1c2ccccc2-c2ccccc21)C(=O)OC(C/C=C\CCC(=O)O)CC(=O)O. The number of hydrogen-bond donors (Lipinski definition) is 3. The molecule has 2 aromatic rings. The van der Waals surface area contributed by atoms with Crippen LogP contribution in [0.5, 0.6) is 0 Å². The molecule has 0 bridgehead atoms. The number of carbonyl (C=O) groups is 4. The van der Waals surface area contributed by atoms with Crippen LogP contribution in [-0.2, 0) is 23.9 Å². The Labute approximate surface area is 221 Å². The maximum atomic E-state index is 12.9. The number of esters is 1. The molecule has 3 rings (SSSR count). The maximum absolute atomic E-state index is 12.9. The zero-order valence-corrected chi connectivity index (χ0v) is 21.5. The summed E-state index contributed by atoms with van der Waals surface area (Å²) in [5.74, 6) is -3.33. The number of carbonyl (C=O) groups excluding carboxylic acids is 2. The van der Waals surface area contributed by atoms with E-state index in [4.69, 9.17) is 14.6 Å². The minimum Gasteiger partial charge on any atom is -0.481 e. The van der Waals surface area contributed by atoms with E-state index in [-0.39, 0.29) is 37.7 Å². The standard InChI is InChI=1S/C29H33NO8/c1-18(2)27(28(35)38-19(16-26(33)34)10-4-3-5-15-25(31)32)30-29(36)37-17-24-22-13-8-6-11-20(22)21-12-7-9-14-23(21)24/h3-4,6-9,11-14,18-19,24,27H,5,10,15-17H2,1-2H3,(H,30,36)(H,31,32)(H,33,34)/b4-3-. The quantitative estimate of drug-likeness (QED) is 0.253. The molecule has 0 heterocycles. The number of benzene rings is 2. The molecule has 2 aromatic carbocycles. The number of carboxylic acid groups (broad SMARTS) is 2. The van der Waals surface area contributed by atoms with Crippen LogP contribution in [0, 0.1) is 5.92 Å². The zero-order valence-electron chi connectivity index (χ0n) is 21.5. The molecule has 0 radical (unpaired) electrons. The number of ether oxygens (including phenoxy) is 2. The summed E-state index contributed by atoms with van der Waals surface area (Å²) in [4.78, 5) is 47.5. The number of allylic oxidation sites excluding steroid dienone is 1. The first-order chi connectivity index (χ1) is 18.2. The second-order valence-corrected chi connectivity index (χ2v) is 9.49. The van der Waals surface area contributed by atoms with Gasteiger partial charge in [0.15, 0.2) is 0 Å². The Balaban J connectivity index is 1.60. The molecule has 0 aliphatic heterocycles. The third kappa shape index (κ3) is 7.68. The van der Waals surface area contributed by atoms with Gasteiger partial charge in [-0.15, -0.1) is 0 Å². The molecule has 1 aliphatic rings. The number of nitrogens with one attached hydrogen (secondary N) is 1. The molecule has 0 saturated carbocycles. The number of carboxylic acids is 2. The van der Waals surface area contributed by atoms with Gasteiger partial charge in [-0.25, -0.2) is 9.59 Å². The summed E-state index contributed by atoms with van der Waals surface area (Å²) in [6.07, 6.45) is 1.36. The van der Waals surface area contributed by atoms with Gasteiger partial charge in [-0.1, -0.05) is 74.5 Å². The molecular weight excluding hydrogens is 490 g/mol. The van der Waals surface area contributed by atoms with E-state index in [0.717, 1.165) is 22.3 Å².